The number of nitrogens with zero attached hydrogens (tertiary/aromatic N) is 1. The molecule has 1 amide bonds. The highest BCUT2D eigenvalue weighted by Gasteiger charge is 2.19. The van der Waals surface area contributed by atoms with Gasteiger partial charge in [0.25, 0.3) is 11.5 Å². The first kappa shape index (κ1) is 21.4. The monoisotopic (exact) mass is 425 g/mol. The molecule has 0 spiro atoms. The molecule has 0 aliphatic carbocycles. The number of H-pyrrole nitrogens is 1. The highest BCUT2D eigenvalue weighted by molar-refractivity contribution is 6.04. The molecule has 4 aromatic rings. The molecule has 0 aliphatic heterocycles. The van der Waals surface area contributed by atoms with Crippen molar-refractivity contribution in [2.45, 2.75) is 33.6 Å². The van der Waals surface area contributed by atoms with Gasteiger partial charge in [0.15, 0.2) is 0 Å². The molecule has 5 heteroatoms. The van der Waals surface area contributed by atoms with Crippen LogP contribution in [0.2, 0.25) is 0 Å². The number of aromatic amines is 1. The Labute approximate surface area is 187 Å². The minimum absolute atomic E-state index is 0.0888. The second-order valence-electron chi connectivity index (χ2n) is 8.43. The topological polar surface area (TPSA) is 66.9 Å². The molecule has 1 aromatic heterocycles. The Morgan fingerprint density at radius 2 is 1.59 bits per heavy atom. The van der Waals surface area contributed by atoms with Crippen LogP contribution in [0.4, 0.5) is 5.69 Å². The number of benzene rings is 3. The number of anilines is 1. The van der Waals surface area contributed by atoms with E-state index in [1.165, 1.54) is 0 Å². The maximum atomic E-state index is 13.3. The molecule has 0 fully saturated rings. The van der Waals surface area contributed by atoms with Gasteiger partial charge < -0.3 is 5.32 Å². The normalized spacial score (nSPS) is 11.0. The maximum absolute atomic E-state index is 13.3. The van der Waals surface area contributed by atoms with E-state index in [0.29, 0.717) is 16.8 Å². The molecule has 0 aliphatic rings. The minimum Gasteiger partial charge on any atom is -0.322 e. The van der Waals surface area contributed by atoms with E-state index in [2.05, 4.69) is 24.3 Å². The lowest BCUT2D eigenvalue weighted by atomic mass is 9.99. The SMILES string of the molecule is Cc1ccc(-n2[nH]c(C(C)C)c(-c3ccc(NC(=O)c4cccc(C)c4)cc3)c2=O)cc1. The van der Waals surface area contributed by atoms with Gasteiger partial charge in [-0.15, -0.1) is 0 Å². The third kappa shape index (κ3) is 4.28. The summed E-state index contributed by atoms with van der Waals surface area (Å²) in [4.78, 5) is 25.9. The molecule has 0 atom stereocenters. The van der Waals surface area contributed by atoms with Gasteiger partial charge in [0.1, 0.15) is 0 Å². The third-order valence-electron chi connectivity index (χ3n) is 5.50. The van der Waals surface area contributed by atoms with Crippen LogP contribution in [0.1, 0.15) is 46.9 Å². The standard InChI is InChI=1S/C27H27N3O2/c1-17(2)25-24(27(32)30(29-25)23-14-8-18(3)9-15-23)20-10-12-22(13-11-20)28-26(31)21-7-5-6-19(4)16-21/h5-17,29H,1-4H3,(H,28,31). The third-order valence-corrected chi connectivity index (χ3v) is 5.50. The summed E-state index contributed by atoms with van der Waals surface area (Å²) >= 11 is 0. The second-order valence-corrected chi connectivity index (χ2v) is 8.43. The summed E-state index contributed by atoms with van der Waals surface area (Å²) in [5.74, 6) is -0.0159. The van der Waals surface area contributed by atoms with Gasteiger partial charge in [0.2, 0.25) is 0 Å². The van der Waals surface area contributed by atoms with Crippen LogP contribution in [0.5, 0.6) is 0 Å². The smallest absolute Gasteiger partial charge is 0.279 e. The first-order valence-corrected chi connectivity index (χ1v) is 10.7. The Morgan fingerprint density at radius 1 is 0.906 bits per heavy atom. The average molecular weight is 426 g/mol. The summed E-state index contributed by atoms with van der Waals surface area (Å²) < 4.78 is 1.59. The average Bonchev–Trinajstić information content (AvgIpc) is 3.12. The molecular formula is C27H27N3O2. The lowest BCUT2D eigenvalue weighted by molar-refractivity contribution is 0.102. The molecule has 0 radical (unpaired) electrons. The molecular weight excluding hydrogens is 398 g/mol. The Bertz CT molecular complexity index is 1310. The van der Waals surface area contributed by atoms with E-state index in [9.17, 15) is 9.59 Å². The number of hydrogen-bond acceptors (Lipinski definition) is 2. The van der Waals surface area contributed by atoms with Crippen molar-refractivity contribution in [1.29, 1.82) is 0 Å². The summed E-state index contributed by atoms with van der Waals surface area (Å²) in [5, 5.41) is 6.21. The van der Waals surface area contributed by atoms with E-state index in [0.717, 1.165) is 28.1 Å². The molecule has 162 valence electrons. The number of carbonyl (C=O) groups is 1. The molecule has 5 nitrogen and oxygen atoms in total. The lowest BCUT2D eigenvalue weighted by Gasteiger charge is -2.08. The van der Waals surface area contributed by atoms with Crippen molar-refractivity contribution in [1.82, 2.24) is 9.78 Å². The molecule has 0 saturated carbocycles. The number of aromatic nitrogens is 2. The van der Waals surface area contributed by atoms with Crippen molar-refractivity contribution in [2.24, 2.45) is 0 Å². The van der Waals surface area contributed by atoms with Crippen LogP contribution in [0.3, 0.4) is 0 Å². The fraction of sp³-hybridized carbons (Fsp3) is 0.185. The van der Waals surface area contributed by atoms with E-state index < -0.39 is 0 Å². The Hall–Kier alpha value is -3.86. The van der Waals surface area contributed by atoms with Crippen molar-refractivity contribution in [3.05, 3.63) is 106 Å². The van der Waals surface area contributed by atoms with Gasteiger partial charge in [-0.05, 0) is 61.7 Å². The fourth-order valence-electron chi connectivity index (χ4n) is 3.74. The van der Waals surface area contributed by atoms with E-state index in [1.807, 2.05) is 80.6 Å². The first-order valence-electron chi connectivity index (χ1n) is 10.7. The van der Waals surface area contributed by atoms with E-state index in [-0.39, 0.29) is 17.4 Å². The van der Waals surface area contributed by atoms with Crippen molar-refractivity contribution in [2.75, 3.05) is 5.32 Å². The summed E-state index contributed by atoms with van der Waals surface area (Å²) in [6.45, 7) is 8.10. The van der Waals surface area contributed by atoms with E-state index in [1.54, 1.807) is 10.7 Å². The first-order chi connectivity index (χ1) is 15.3. The highest BCUT2D eigenvalue weighted by atomic mass is 16.1. The van der Waals surface area contributed by atoms with Crippen LogP contribution >= 0.6 is 0 Å². The number of rotatable bonds is 5. The summed E-state index contributed by atoms with van der Waals surface area (Å²) in [5.41, 5.74) is 6.53. The molecule has 32 heavy (non-hydrogen) atoms. The van der Waals surface area contributed by atoms with Crippen LogP contribution in [0, 0.1) is 13.8 Å². The fourth-order valence-corrected chi connectivity index (χ4v) is 3.74. The van der Waals surface area contributed by atoms with Crippen LogP contribution in [0.15, 0.2) is 77.6 Å². The number of aryl methyl sites for hydroxylation is 2. The zero-order chi connectivity index (χ0) is 22.8. The molecule has 0 unspecified atom stereocenters. The molecule has 2 N–H and O–H groups in total. The lowest BCUT2D eigenvalue weighted by Crippen LogP contribution is -2.15. The van der Waals surface area contributed by atoms with Crippen LogP contribution in [0.25, 0.3) is 16.8 Å². The molecule has 1 heterocycles. The number of amides is 1. The number of nitrogens with one attached hydrogen (secondary N) is 2. The van der Waals surface area contributed by atoms with Crippen molar-refractivity contribution in [3.8, 4) is 16.8 Å². The Balaban J connectivity index is 1.65. The van der Waals surface area contributed by atoms with Crippen molar-refractivity contribution >= 4 is 11.6 Å². The quantitative estimate of drug-likeness (QED) is 0.423. The minimum atomic E-state index is -0.160. The van der Waals surface area contributed by atoms with Crippen LogP contribution < -0.4 is 10.9 Å². The Morgan fingerprint density at radius 3 is 2.22 bits per heavy atom. The molecule has 3 aromatic carbocycles. The van der Waals surface area contributed by atoms with Gasteiger partial charge in [-0.25, -0.2) is 4.68 Å². The predicted octanol–water partition coefficient (Wildman–Crippen LogP) is 5.83. The van der Waals surface area contributed by atoms with Gasteiger partial charge in [0, 0.05) is 16.9 Å². The van der Waals surface area contributed by atoms with Crippen LogP contribution in [-0.2, 0) is 0 Å². The zero-order valence-corrected chi connectivity index (χ0v) is 18.8. The van der Waals surface area contributed by atoms with Gasteiger partial charge in [0.05, 0.1) is 11.3 Å². The van der Waals surface area contributed by atoms with Crippen molar-refractivity contribution < 1.29 is 4.79 Å². The summed E-state index contributed by atoms with van der Waals surface area (Å²) in [6, 6.07) is 22.7. The zero-order valence-electron chi connectivity index (χ0n) is 18.8. The van der Waals surface area contributed by atoms with Gasteiger partial charge >= 0.3 is 0 Å². The van der Waals surface area contributed by atoms with E-state index >= 15 is 0 Å². The highest BCUT2D eigenvalue weighted by Crippen LogP contribution is 2.27. The number of hydrogen-bond donors (Lipinski definition) is 2. The molecule has 4 rings (SSSR count). The molecule has 0 saturated heterocycles. The second kappa shape index (κ2) is 8.71. The van der Waals surface area contributed by atoms with Gasteiger partial charge in [-0.2, -0.15) is 0 Å². The van der Waals surface area contributed by atoms with Gasteiger partial charge in [-0.1, -0.05) is 61.4 Å². The Kier molecular flexibility index (Phi) is 5.82. The van der Waals surface area contributed by atoms with Crippen LogP contribution in [-0.4, -0.2) is 15.7 Å². The van der Waals surface area contributed by atoms with Crippen molar-refractivity contribution in [3.63, 3.8) is 0 Å². The summed E-state index contributed by atoms with van der Waals surface area (Å²) in [7, 11) is 0. The predicted molar refractivity (Wildman–Crippen MR) is 130 cm³/mol. The summed E-state index contributed by atoms with van der Waals surface area (Å²) in [6.07, 6.45) is 0. The maximum Gasteiger partial charge on any atom is 0.279 e. The van der Waals surface area contributed by atoms with E-state index in [4.69, 9.17) is 0 Å². The molecule has 0 bridgehead atoms. The largest absolute Gasteiger partial charge is 0.322 e. The number of carbonyl (C=O) groups excluding carboxylic acids is 1. The van der Waals surface area contributed by atoms with Gasteiger partial charge in [-0.3, -0.25) is 14.7 Å².